The van der Waals surface area contributed by atoms with E-state index in [9.17, 15) is 10.2 Å². The van der Waals surface area contributed by atoms with Crippen LogP contribution in [0.15, 0.2) is 72.8 Å². The van der Waals surface area contributed by atoms with Crippen LogP contribution in [0.2, 0.25) is 0 Å². The molecule has 0 aliphatic carbocycles. The molecule has 0 amide bonds. The number of halogens is 2. The molecule has 0 heterocycles. The third-order valence-corrected chi connectivity index (χ3v) is 3.77. The van der Waals surface area contributed by atoms with Gasteiger partial charge >= 0.3 is 0 Å². The summed E-state index contributed by atoms with van der Waals surface area (Å²) >= 11 is 12.3. The number of aliphatic hydroxyl groups excluding tert-OH is 2. The Bertz CT molecular complexity index is 592. The minimum atomic E-state index is -1.15. The highest BCUT2D eigenvalue weighted by Crippen LogP contribution is 2.22. The zero-order chi connectivity index (χ0) is 15.9. The fraction of sp³-hybridized carbons (Fsp3) is 0.111. The van der Waals surface area contributed by atoms with Gasteiger partial charge in [0.15, 0.2) is 0 Å². The third kappa shape index (κ3) is 4.72. The first kappa shape index (κ1) is 16.8. The van der Waals surface area contributed by atoms with E-state index in [1.807, 2.05) is 60.7 Å². The van der Waals surface area contributed by atoms with Gasteiger partial charge < -0.3 is 10.2 Å². The van der Waals surface area contributed by atoms with Crippen molar-refractivity contribution in [3.05, 3.63) is 83.9 Å². The number of benzene rings is 2. The summed E-state index contributed by atoms with van der Waals surface area (Å²) in [5, 5.41) is 20.8. The smallest absolute Gasteiger partial charge is 0.103 e. The molecule has 0 saturated carbocycles. The predicted molar refractivity (Wildman–Crippen MR) is 92.6 cm³/mol. The highest BCUT2D eigenvalue weighted by Gasteiger charge is 2.14. The van der Waals surface area contributed by atoms with E-state index in [-0.39, 0.29) is 0 Å². The van der Waals surface area contributed by atoms with Crippen LogP contribution in [-0.2, 0) is 0 Å². The lowest BCUT2D eigenvalue weighted by molar-refractivity contribution is 0.0817. The molecular formula is C18H16Cl2O2. The van der Waals surface area contributed by atoms with E-state index in [0.717, 1.165) is 11.1 Å². The zero-order valence-corrected chi connectivity index (χ0v) is 13.2. The Morgan fingerprint density at radius 2 is 1.00 bits per heavy atom. The molecule has 22 heavy (non-hydrogen) atoms. The highest BCUT2D eigenvalue weighted by atomic mass is 35.5. The summed E-state index contributed by atoms with van der Waals surface area (Å²) in [4.78, 5) is 0. The summed E-state index contributed by atoms with van der Waals surface area (Å²) in [5.74, 6) is 0. The van der Waals surface area contributed by atoms with Gasteiger partial charge in [-0.2, -0.15) is 0 Å². The molecule has 0 spiro atoms. The molecule has 0 unspecified atom stereocenters. The largest absolute Gasteiger partial charge is 0.386 e. The van der Waals surface area contributed by atoms with Gasteiger partial charge in [0.1, 0.15) is 12.2 Å². The Morgan fingerprint density at radius 3 is 1.32 bits per heavy atom. The van der Waals surface area contributed by atoms with Crippen molar-refractivity contribution < 1.29 is 10.2 Å². The number of aliphatic hydroxyl groups is 2. The molecule has 114 valence electrons. The molecule has 2 aromatic rings. The molecule has 0 bridgehead atoms. The van der Waals surface area contributed by atoms with E-state index in [1.54, 1.807) is 0 Å². The van der Waals surface area contributed by atoms with E-state index in [0.29, 0.717) is 10.1 Å². The van der Waals surface area contributed by atoms with Crippen molar-refractivity contribution in [1.82, 2.24) is 0 Å². The Labute approximate surface area is 139 Å². The first-order chi connectivity index (χ1) is 10.6. The van der Waals surface area contributed by atoms with Gasteiger partial charge in [0.25, 0.3) is 0 Å². The fourth-order valence-electron chi connectivity index (χ4n) is 1.88. The summed E-state index contributed by atoms with van der Waals surface area (Å²) in [7, 11) is 0. The van der Waals surface area contributed by atoms with Gasteiger partial charge in [0.2, 0.25) is 0 Å². The van der Waals surface area contributed by atoms with Crippen molar-refractivity contribution in [3.63, 3.8) is 0 Å². The van der Waals surface area contributed by atoms with Crippen molar-refractivity contribution >= 4 is 33.3 Å². The Kier molecular flexibility index (Phi) is 6.22. The third-order valence-electron chi connectivity index (χ3n) is 3.08. The van der Waals surface area contributed by atoms with Crippen LogP contribution in [0.25, 0.3) is 10.1 Å². The topological polar surface area (TPSA) is 40.5 Å². The summed E-state index contributed by atoms with van der Waals surface area (Å²) in [6.07, 6.45) is 0.496. The molecule has 0 aliphatic heterocycles. The maximum Gasteiger partial charge on any atom is 0.103 e. The van der Waals surface area contributed by atoms with Crippen molar-refractivity contribution in [3.8, 4) is 0 Å². The lowest BCUT2D eigenvalue weighted by atomic mass is 10.1. The van der Waals surface area contributed by atoms with Gasteiger partial charge in [0, 0.05) is 10.1 Å². The quantitative estimate of drug-likeness (QED) is 0.857. The van der Waals surface area contributed by atoms with Crippen LogP contribution in [0.4, 0.5) is 0 Å². The van der Waals surface area contributed by atoms with Crippen LogP contribution in [0.5, 0.6) is 0 Å². The molecule has 2 aromatic carbocycles. The number of rotatable bonds is 5. The van der Waals surface area contributed by atoms with Crippen molar-refractivity contribution in [2.75, 3.05) is 0 Å². The maximum atomic E-state index is 10.0. The molecule has 0 aromatic heterocycles. The van der Waals surface area contributed by atoms with E-state index < -0.39 is 12.2 Å². The van der Waals surface area contributed by atoms with Gasteiger partial charge in [-0.3, -0.25) is 0 Å². The number of hydrogen-bond acceptors (Lipinski definition) is 2. The van der Waals surface area contributed by atoms with Crippen LogP contribution < -0.4 is 0 Å². The molecule has 2 nitrogen and oxygen atoms in total. The van der Waals surface area contributed by atoms with E-state index in [4.69, 9.17) is 23.2 Å². The Morgan fingerprint density at radius 1 is 0.682 bits per heavy atom. The minimum absolute atomic E-state index is 0.372. The van der Waals surface area contributed by atoms with Gasteiger partial charge in [-0.15, -0.1) is 0 Å². The normalized spacial score (nSPS) is 15.5. The van der Waals surface area contributed by atoms with Crippen molar-refractivity contribution in [2.24, 2.45) is 0 Å². The van der Waals surface area contributed by atoms with Crippen LogP contribution >= 0.6 is 23.2 Å². The molecule has 2 N–H and O–H groups in total. The second-order valence-electron chi connectivity index (χ2n) is 4.74. The molecule has 2 atom stereocenters. The number of hydrogen-bond donors (Lipinski definition) is 2. The van der Waals surface area contributed by atoms with Gasteiger partial charge in [-0.1, -0.05) is 83.9 Å². The van der Waals surface area contributed by atoms with Gasteiger partial charge in [-0.05, 0) is 23.3 Å². The fourth-order valence-corrected chi connectivity index (χ4v) is 2.39. The minimum Gasteiger partial charge on any atom is -0.386 e. The molecule has 2 rings (SSSR count). The predicted octanol–water partition coefficient (Wildman–Crippen LogP) is 4.27. The van der Waals surface area contributed by atoms with Crippen LogP contribution in [0, 0.1) is 0 Å². The summed E-state index contributed by atoms with van der Waals surface area (Å²) in [6.45, 7) is 0. The maximum absolute atomic E-state index is 10.0. The van der Waals surface area contributed by atoms with E-state index in [2.05, 4.69) is 0 Å². The zero-order valence-electron chi connectivity index (χ0n) is 11.7. The molecule has 0 saturated heterocycles. The highest BCUT2D eigenvalue weighted by molar-refractivity contribution is 6.49. The molecule has 0 fully saturated rings. The van der Waals surface area contributed by atoms with E-state index in [1.165, 1.54) is 12.2 Å². The lowest BCUT2D eigenvalue weighted by Gasteiger charge is -2.12. The van der Waals surface area contributed by atoms with Gasteiger partial charge in [-0.25, -0.2) is 0 Å². The molecule has 4 heteroatoms. The second kappa shape index (κ2) is 8.16. The average molecular weight is 335 g/mol. The standard InChI is InChI=1S/C18H16Cl2O2/c19-15(13-7-3-1-4-8-13)11-17(21)18(22)12-16(20)14-9-5-2-6-10-14/h1-12,17-18,21-22H/b15-11-,16-12-/t17-,18-/m0/s1. The monoisotopic (exact) mass is 334 g/mol. The van der Waals surface area contributed by atoms with Crippen LogP contribution in [0.1, 0.15) is 11.1 Å². The molecule has 0 radical (unpaired) electrons. The van der Waals surface area contributed by atoms with Crippen molar-refractivity contribution in [2.45, 2.75) is 12.2 Å². The van der Waals surface area contributed by atoms with Gasteiger partial charge in [0.05, 0.1) is 0 Å². The second-order valence-corrected chi connectivity index (χ2v) is 5.56. The Balaban J connectivity index is 2.11. The summed E-state index contributed by atoms with van der Waals surface area (Å²) in [5.41, 5.74) is 1.54. The average Bonchev–Trinajstić information content (AvgIpc) is 2.56. The first-order valence-corrected chi connectivity index (χ1v) is 7.55. The van der Waals surface area contributed by atoms with E-state index >= 15 is 0 Å². The van der Waals surface area contributed by atoms with Crippen molar-refractivity contribution in [1.29, 1.82) is 0 Å². The first-order valence-electron chi connectivity index (χ1n) is 6.79. The Hall–Kier alpha value is -1.58. The summed E-state index contributed by atoms with van der Waals surface area (Å²) in [6, 6.07) is 18.4. The molecular weight excluding hydrogens is 319 g/mol. The summed E-state index contributed by atoms with van der Waals surface area (Å²) < 4.78 is 0. The van der Waals surface area contributed by atoms with Crippen LogP contribution in [-0.4, -0.2) is 22.4 Å². The molecule has 0 aliphatic rings. The lowest BCUT2D eigenvalue weighted by Crippen LogP contribution is -2.21. The van der Waals surface area contributed by atoms with Crippen LogP contribution in [0.3, 0.4) is 0 Å². The SMILES string of the molecule is O[C@@H](/C=C(\Cl)c1ccccc1)[C@@H](O)/C=C(\Cl)c1ccccc1.